The van der Waals surface area contributed by atoms with Crippen LogP contribution in [0.5, 0.6) is 0 Å². The first-order chi connectivity index (χ1) is 5.13. The molecule has 0 atom stereocenters. The van der Waals surface area contributed by atoms with Crippen molar-refractivity contribution in [1.29, 1.82) is 0 Å². The van der Waals surface area contributed by atoms with Gasteiger partial charge in [0.05, 0.1) is 11.3 Å². The number of hydrogen-bond donors (Lipinski definition) is 3. The molecule has 0 heterocycles. The third-order valence-corrected chi connectivity index (χ3v) is 1.70. The molecule has 4 heteroatoms. The lowest BCUT2D eigenvalue weighted by Crippen LogP contribution is -2.02. The Balaban J connectivity index is 3.27. The summed E-state index contributed by atoms with van der Waals surface area (Å²) in [5.74, 6) is -1.03. The minimum absolute atomic E-state index is 0.0949. The van der Waals surface area contributed by atoms with Crippen molar-refractivity contribution in [3.8, 4) is 0 Å². The zero-order valence-corrected chi connectivity index (χ0v) is 6.51. The summed E-state index contributed by atoms with van der Waals surface area (Å²) < 4.78 is 0. The highest BCUT2D eigenvalue weighted by molar-refractivity contribution is 7.80. The average molecular weight is 169 g/mol. The van der Waals surface area contributed by atoms with Gasteiger partial charge in [0.1, 0.15) is 0 Å². The van der Waals surface area contributed by atoms with Gasteiger partial charge in [-0.2, -0.15) is 0 Å². The van der Waals surface area contributed by atoms with Gasteiger partial charge in [-0.25, -0.2) is 4.79 Å². The standard InChI is InChI=1S/C7H7NO2S/c8-6-4(7(9)10)2-1-3-5(6)11/h1-3,11H,8H2,(H,9,10). The van der Waals surface area contributed by atoms with Crippen molar-refractivity contribution in [3.63, 3.8) is 0 Å². The molecule has 0 bridgehead atoms. The second-order valence-electron chi connectivity index (χ2n) is 2.04. The van der Waals surface area contributed by atoms with E-state index in [0.29, 0.717) is 4.90 Å². The first-order valence-electron chi connectivity index (χ1n) is 2.93. The number of aromatic carboxylic acids is 1. The quantitative estimate of drug-likeness (QED) is 0.438. The third-order valence-electron chi connectivity index (χ3n) is 1.31. The van der Waals surface area contributed by atoms with Gasteiger partial charge in [0.2, 0.25) is 0 Å². The van der Waals surface area contributed by atoms with E-state index >= 15 is 0 Å². The molecule has 1 aromatic carbocycles. The molecule has 0 saturated heterocycles. The molecule has 0 radical (unpaired) electrons. The number of thiol groups is 1. The summed E-state index contributed by atoms with van der Waals surface area (Å²) in [6, 6.07) is 4.68. The average Bonchev–Trinajstić information content (AvgIpc) is 1.94. The number of carbonyl (C=O) groups is 1. The van der Waals surface area contributed by atoms with Crippen LogP contribution in [0.3, 0.4) is 0 Å². The van der Waals surface area contributed by atoms with Gasteiger partial charge in [0, 0.05) is 4.90 Å². The summed E-state index contributed by atoms with van der Waals surface area (Å²) in [6.45, 7) is 0. The van der Waals surface area contributed by atoms with Crippen molar-refractivity contribution in [2.45, 2.75) is 4.90 Å². The molecule has 0 unspecified atom stereocenters. The molecule has 0 aromatic heterocycles. The number of benzene rings is 1. The monoisotopic (exact) mass is 169 g/mol. The van der Waals surface area contributed by atoms with Crippen LogP contribution in [0.25, 0.3) is 0 Å². The van der Waals surface area contributed by atoms with E-state index in [1.165, 1.54) is 6.07 Å². The van der Waals surface area contributed by atoms with Gasteiger partial charge < -0.3 is 10.8 Å². The number of carboxylic acids is 1. The van der Waals surface area contributed by atoms with E-state index in [-0.39, 0.29) is 11.3 Å². The van der Waals surface area contributed by atoms with Crippen LogP contribution in [-0.4, -0.2) is 11.1 Å². The molecule has 1 rings (SSSR count). The Hall–Kier alpha value is -1.16. The Bertz CT molecular complexity index is 298. The van der Waals surface area contributed by atoms with Gasteiger partial charge in [0.15, 0.2) is 0 Å². The summed E-state index contributed by atoms with van der Waals surface area (Å²) >= 11 is 3.97. The van der Waals surface area contributed by atoms with Crippen molar-refractivity contribution in [1.82, 2.24) is 0 Å². The Labute approximate surface area is 69.2 Å². The molecule has 0 fully saturated rings. The summed E-state index contributed by atoms with van der Waals surface area (Å²) in [5.41, 5.74) is 5.73. The highest BCUT2D eigenvalue weighted by atomic mass is 32.1. The lowest BCUT2D eigenvalue weighted by Gasteiger charge is -2.01. The van der Waals surface area contributed by atoms with Crippen molar-refractivity contribution in [2.24, 2.45) is 0 Å². The Morgan fingerprint density at radius 1 is 1.55 bits per heavy atom. The van der Waals surface area contributed by atoms with Crippen LogP contribution in [-0.2, 0) is 0 Å². The van der Waals surface area contributed by atoms with Gasteiger partial charge in [-0.3, -0.25) is 0 Å². The highest BCUT2D eigenvalue weighted by Gasteiger charge is 2.07. The molecule has 0 saturated carbocycles. The predicted molar refractivity (Wildman–Crippen MR) is 45.1 cm³/mol. The summed E-state index contributed by atoms with van der Waals surface area (Å²) in [5, 5.41) is 8.58. The maximum Gasteiger partial charge on any atom is 0.337 e. The topological polar surface area (TPSA) is 63.3 Å². The van der Waals surface area contributed by atoms with Crippen LogP contribution in [0.1, 0.15) is 10.4 Å². The predicted octanol–water partition coefficient (Wildman–Crippen LogP) is 1.26. The largest absolute Gasteiger partial charge is 0.478 e. The number of carboxylic acid groups (broad SMARTS) is 1. The third kappa shape index (κ3) is 1.46. The molecule has 3 N–H and O–H groups in total. The molecular weight excluding hydrogens is 162 g/mol. The second-order valence-corrected chi connectivity index (χ2v) is 2.53. The number of nitrogen functional groups attached to an aromatic ring is 1. The highest BCUT2D eigenvalue weighted by Crippen LogP contribution is 2.20. The smallest absolute Gasteiger partial charge is 0.337 e. The fraction of sp³-hybridized carbons (Fsp3) is 0. The van der Waals surface area contributed by atoms with Crippen LogP contribution in [0.4, 0.5) is 5.69 Å². The van der Waals surface area contributed by atoms with Crippen LogP contribution >= 0.6 is 12.6 Å². The maximum atomic E-state index is 10.5. The SMILES string of the molecule is Nc1c(S)cccc1C(=O)O. The minimum atomic E-state index is -1.03. The van der Waals surface area contributed by atoms with Crippen molar-refractivity contribution in [2.75, 3.05) is 5.73 Å². The van der Waals surface area contributed by atoms with Crippen LogP contribution in [0.15, 0.2) is 23.1 Å². The molecule has 0 aliphatic rings. The van der Waals surface area contributed by atoms with E-state index in [2.05, 4.69) is 12.6 Å². The summed E-state index contributed by atoms with van der Waals surface area (Å²) in [4.78, 5) is 11.0. The first kappa shape index (κ1) is 7.94. The van der Waals surface area contributed by atoms with Gasteiger partial charge >= 0.3 is 5.97 Å². The van der Waals surface area contributed by atoms with Gasteiger partial charge in [-0.15, -0.1) is 12.6 Å². The fourth-order valence-electron chi connectivity index (χ4n) is 0.740. The van der Waals surface area contributed by atoms with Crippen molar-refractivity contribution in [3.05, 3.63) is 23.8 Å². The molecule has 0 aliphatic carbocycles. The van der Waals surface area contributed by atoms with E-state index in [1.54, 1.807) is 12.1 Å². The zero-order valence-electron chi connectivity index (χ0n) is 5.61. The van der Waals surface area contributed by atoms with Crippen molar-refractivity contribution < 1.29 is 9.90 Å². The maximum absolute atomic E-state index is 10.5. The van der Waals surface area contributed by atoms with Crippen LogP contribution < -0.4 is 5.73 Å². The van der Waals surface area contributed by atoms with Gasteiger partial charge in [0.25, 0.3) is 0 Å². The number of para-hydroxylation sites is 1. The lowest BCUT2D eigenvalue weighted by atomic mass is 10.2. The van der Waals surface area contributed by atoms with E-state index < -0.39 is 5.97 Å². The molecule has 11 heavy (non-hydrogen) atoms. The molecule has 1 aromatic rings. The number of anilines is 1. The van der Waals surface area contributed by atoms with Gasteiger partial charge in [-0.1, -0.05) is 6.07 Å². The molecule has 0 spiro atoms. The molecular formula is C7H7NO2S. The number of nitrogens with two attached hydrogens (primary N) is 1. The number of rotatable bonds is 1. The number of hydrogen-bond acceptors (Lipinski definition) is 3. The Morgan fingerprint density at radius 2 is 2.18 bits per heavy atom. The lowest BCUT2D eigenvalue weighted by molar-refractivity contribution is 0.0698. The molecule has 58 valence electrons. The van der Waals surface area contributed by atoms with Gasteiger partial charge in [-0.05, 0) is 12.1 Å². The normalized spacial score (nSPS) is 9.55. The van der Waals surface area contributed by atoms with E-state index in [4.69, 9.17) is 10.8 Å². The summed E-state index contributed by atoms with van der Waals surface area (Å²) in [7, 11) is 0. The van der Waals surface area contributed by atoms with Crippen molar-refractivity contribution >= 4 is 24.3 Å². The Morgan fingerprint density at radius 3 is 2.64 bits per heavy atom. The molecule has 0 aliphatic heterocycles. The fourth-order valence-corrected chi connectivity index (χ4v) is 0.946. The summed E-state index contributed by atoms with van der Waals surface area (Å²) in [6.07, 6.45) is 0. The molecule has 3 nitrogen and oxygen atoms in total. The zero-order chi connectivity index (χ0) is 8.43. The van der Waals surface area contributed by atoms with Crippen LogP contribution in [0.2, 0.25) is 0 Å². The van der Waals surface area contributed by atoms with Crippen LogP contribution in [0, 0.1) is 0 Å². The van der Waals surface area contributed by atoms with E-state index in [9.17, 15) is 4.79 Å². The molecule has 0 amide bonds. The second kappa shape index (κ2) is 2.84. The minimum Gasteiger partial charge on any atom is -0.478 e. The van der Waals surface area contributed by atoms with E-state index in [1.807, 2.05) is 0 Å². The Kier molecular flexibility index (Phi) is 2.05. The van der Waals surface area contributed by atoms with E-state index in [0.717, 1.165) is 0 Å². The first-order valence-corrected chi connectivity index (χ1v) is 3.38.